The van der Waals surface area contributed by atoms with Gasteiger partial charge in [0.2, 0.25) is 0 Å². The predicted molar refractivity (Wildman–Crippen MR) is 62.8 cm³/mol. The van der Waals surface area contributed by atoms with Crippen molar-refractivity contribution in [3.05, 3.63) is 52.2 Å². The topological polar surface area (TPSA) is 12.0 Å². The Kier molecular flexibility index (Phi) is 2.84. The van der Waals surface area contributed by atoms with Gasteiger partial charge in [-0.3, -0.25) is 0 Å². The highest BCUT2D eigenvalue weighted by molar-refractivity contribution is 7.08. The van der Waals surface area contributed by atoms with E-state index in [0.29, 0.717) is 0 Å². The molecule has 0 radical (unpaired) electrons. The Morgan fingerprint density at radius 3 is 2.79 bits per heavy atom. The van der Waals surface area contributed by atoms with Crippen LogP contribution in [0.5, 0.6) is 0 Å². The molecular weight excluding hydrogens is 190 g/mol. The first kappa shape index (κ1) is 9.28. The van der Waals surface area contributed by atoms with E-state index < -0.39 is 0 Å². The first-order valence-corrected chi connectivity index (χ1v) is 5.61. The molecule has 0 unspecified atom stereocenters. The van der Waals surface area contributed by atoms with E-state index in [-0.39, 0.29) is 0 Å². The summed E-state index contributed by atoms with van der Waals surface area (Å²) in [6.07, 6.45) is 0. The Labute approximate surface area is 88.4 Å². The van der Waals surface area contributed by atoms with E-state index in [0.717, 1.165) is 6.54 Å². The van der Waals surface area contributed by atoms with E-state index in [1.54, 1.807) is 11.3 Å². The van der Waals surface area contributed by atoms with Crippen LogP contribution in [0, 0.1) is 6.92 Å². The molecule has 1 nitrogen and oxygen atoms in total. The van der Waals surface area contributed by atoms with Crippen LogP contribution in [0.4, 0.5) is 5.69 Å². The van der Waals surface area contributed by atoms with Gasteiger partial charge in [0.15, 0.2) is 0 Å². The Hall–Kier alpha value is -1.28. The van der Waals surface area contributed by atoms with Crippen LogP contribution in [0.1, 0.15) is 11.1 Å². The van der Waals surface area contributed by atoms with Crippen LogP contribution in [-0.2, 0) is 6.54 Å². The minimum atomic E-state index is 0.906. The SMILES string of the molecule is Cc1ccccc1CNc1ccsc1. The van der Waals surface area contributed by atoms with Crippen LogP contribution in [0.25, 0.3) is 0 Å². The molecule has 0 aliphatic carbocycles. The molecule has 0 bridgehead atoms. The second-order valence-electron chi connectivity index (χ2n) is 3.29. The van der Waals surface area contributed by atoms with Crippen molar-refractivity contribution in [3.63, 3.8) is 0 Å². The summed E-state index contributed by atoms with van der Waals surface area (Å²) in [6, 6.07) is 10.6. The summed E-state index contributed by atoms with van der Waals surface area (Å²) in [7, 11) is 0. The number of hydrogen-bond donors (Lipinski definition) is 1. The van der Waals surface area contributed by atoms with Crippen molar-refractivity contribution in [1.82, 2.24) is 0 Å². The molecule has 2 aromatic rings. The van der Waals surface area contributed by atoms with Gasteiger partial charge < -0.3 is 5.32 Å². The van der Waals surface area contributed by atoms with Crippen molar-refractivity contribution in [3.8, 4) is 0 Å². The van der Waals surface area contributed by atoms with E-state index in [4.69, 9.17) is 0 Å². The van der Waals surface area contributed by atoms with Gasteiger partial charge in [0.1, 0.15) is 0 Å². The smallest absolute Gasteiger partial charge is 0.0451 e. The molecule has 0 saturated carbocycles. The first-order chi connectivity index (χ1) is 6.86. The van der Waals surface area contributed by atoms with Gasteiger partial charge in [0.25, 0.3) is 0 Å². The maximum Gasteiger partial charge on any atom is 0.0451 e. The molecule has 1 aromatic carbocycles. The fraction of sp³-hybridized carbons (Fsp3) is 0.167. The summed E-state index contributed by atoms with van der Waals surface area (Å²) < 4.78 is 0. The van der Waals surface area contributed by atoms with Crippen LogP contribution in [0.15, 0.2) is 41.1 Å². The normalized spacial score (nSPS) is 10.1. The Balaban J connectivity index is 2.02. The zero-order chi connectivity index (χ0) is 9.80. The zero-order valence-electron chi connectivity index (χ0n) is 8.16. The highest BCUT2D eigenvalue weighted by Gasteiger charge is 1.96. The minimum Gasteiger partial charge on any atom is -0.380 e. The molecule has 2 rings (SSSR count). The predicted octanol–water partition coefficient (Wildman–Crippen LogP) is 3.67. The molecular formula is C12H13NS. The Bertz CT molecular complexity index is 392. The Morgan fingerprint density at radius 2 is 2.07 bits per heavy atom. The number of benzene rings is 1. The lowest BCUT2D eigenvalue weighted by molar-refractivity contribution is 1.12. The van der Waals surface area contributed by atoms with Crippen LogP contribution >= 0.6 is 11.3 Å². The van der Waals surface area contributed by atoms with Gasteiger partial charge >= 0.3 is 0 Å². The third kappa shape index (κ3) is 2.15. The quantitative estimate of drug-likeness (QED) is 0.802. The molecule has 0 amide bonds. The second-order valence-corrected chi connectivity index (χ2v) is 4.07. The largest absolute Gasteiger partial charge is 0.380 e. The van der Waals surface area contributed by atoms with E-state index in [1.165, 1.54) is 16.8 Å². The molecule has 0 atom stereocenters. The average molecular weight is 203 g/mol. The molecule has 0 aliphatic rings. The maximum absolute atomic E-state index is 3.39. The van der Waals surface area contributed by atoms with Crippen LogP contribution in [0.2, 0.25) is 0 Å². The van der Waals surface area contributed by atoms with Gasteiger partial charge in [-0.15, -0.1) is 0 Å². The maximum atomic E-state index is 3.39. The lowest BCUT2D eigenvalue weighted by Gasteiger charge is -2.06. The zero-order valence-corrected chi connectivity index (χ0v) is 8.97. The van der Waals surface area contributed by atoms with E-state index in [9.17, 15) is 0 Å². The number of aryl methyl sites for hydroxylation is 1. The van der Waals surface area contributed by atoms with Crippen molar-refractivity contribution in [2.45, 2.75) is 13.5 Å². The molecule has 72 valence electrons. The average Bonchev–Trinajstić information content (AvgIpc) is 2.69. The third-order valence-corrected chi connectivity index (χ3v) is 2.95. The van der Waals surface area contributed by atoms with Gasteiger partial charge in [-0.25, -0.2) is 0 Å². The molecule has 0 spiro atoms. The van der Waals surface area contributed by atoms with Gasteiger partial charge in [-0.05, 0) is 29.5 Å². The van der Waals surface area contributed by atoms with Gasteiger partial charge in [-0.2, -0.15) is 11.3 Å². The number of thiophene rings is 1. The Morgan fingerprint density at radius 1 is 1.21 bits per heavy atom. The van der Waals surface area contributed by atoms with Crippen molar-refractivity contribution in [1.29, 1.82) is 0 Å². The fourth-order valence-electron chi connectivity index (χ4n) is 1.37. The third-order valence-electron chi connectivity index (χ3n) is 2.27. The lowest BCUT2D eigenvalue weighted by Crippen LogP contribution is -1.99. The van der Waals surface area contributed by atoms with E-state index in [1.807, 2.05) is 0 Å². The molecule has 2 heteroatoms. The monoisotopic (exact) mass is 203 g/mol. The number of nitrogens with one attached hydrogen (secondary N) is 1. The van der Waals surface area contributed by atoms with Crippen LogP contribution < -0.4 is 5.32 Å². The highest BCUT2D eigenvalue weighted by Crippen LogP contribution is 2.14. The summed E-state index contributed by atoms with van der Waals surface area (Å²) >= 11 is 1.72. The molecule has 0 aliphatic heterocycles. The van der Waals surface area contributed by atoms with Crippen molar-refractivity contribution < 1.29 is 0 Å². The highest BCUT2D eigenvalue weighted by atomic mass is 32.1. The van der Waals surface area contributed by atoms with Crippen LogP contribution in [0.3, 0.4) is 0 Å². The number of rotatable bonds is 3. The molecule has 14 heavy (non-hydrogen) atoms. The minimum absolute atomic E-state index is 0.906. The summed E-state index contributed by atoms with van der Waals surface area (Å²) in [5.74, 6) is 0. The van der Waals surface area contributed by atoms with Gasteiger partial charge in [0, 0.05) is 17.6 Å². The molecule has 0 fully saturated rings. The van der Waals surface area contributed by atoms with Crippen molar-refractivity contribution in [2.24, 2.45) is 0 Å². The molecule has 1 N–H and O–H groups in total. The number of hydrogen-bond acceptors (Lipinski definition) is 2. The molecule has 1 aromatic heterocycles. The standard InChI is InChI=1S/C12H13NS/c1-10-4-2-3-5-11(10)8-13-12-6-7-14-9-12/h2-7,9,13H,8H2,1H3. The lowest BCUT2D eigenvalue weighted by atomic mass is 10.1. The van der Waals surface area contributed by atoms with Crippen LogP contribution in [-0.4, -0.2) is 0 Å². The summed E-state index contributed by atoms with van der Waals surface area (Å²) in [5.41, 5.74) is 3.91. The van der Waals surface area contributed by atoms with Gasteiger partial charge in [-0.1, -0.05) is 24.3 Å². The van der Waals surface area contributed by atoms with E-state index in [2.05, 4.69) is 53.3 Å². The fourth-order valence-corrected chi connectivity index (χ4v) is 1.98. The molecule has 0 saturated heterocycles. The van der Waals surface area contributed by atoms with E-state index >= 15 is 0 Å². The molecule has 1 heterocycles. The number of anilines is 1. The first-order valence-electron chi connectivity index (χ1n) is 4.67. The summed E-state index contributed by atoms with van der Waals surface area (Å²) in [4.78, 5) is 0. The van der Waals surface area contributed by atoms with Crippen molar-refractivity contribution in [2.75, 3.05) is 5.32 Å². The summed E-state index contributed by atoms with van der Waals surface area (Å²) in [5, 5.41) is 7.60. The van der Waals surface area contributed by atoms with Crippen molar-refractivity contribution >= 4 is 17.0 Å². The van der Waals surface area contributed by atoms with Gasteiger partial charge in [0.05, 0.1) is 0 Å². The summed E-state index contributed by atoms with van der Waals surface area (Å²) in [6.45, 7) is 3.05. The second kappa shape index (κ2) is 4.29.